The van der Waals surface area contributed by atoms with Crippen molar-refractivity contribution in [2.45, 2.75) is 17.4 Å². The van der Waals surface area contributed by atoms with Crippen LogP contribution >= 0.6 is 0 Å². The number of carbonyl (C=O) groups excluding carboxylic acids is 1. The SMILES string of the molecule is COc1cccc(S(=O)(=O)NC(=O)[C@](C)(OC)c2ccccc2)c1. The van der Waals surface area contributed by atoms with Gasteiger partial charge >= 0.3 is 0 Å². The summed E-state index contributed by atoms with van der Waals surface area (Å²) < 4.78 is 37.3. The van der Waals surface area contributed by atoms with Crippen molar-refractivity contribution < 1.29 is 22.7 Å². The Balaban J connectivity index is 2.32. The predicted molar refractivity (Wildman–Crippen MR) is 89.1 cm³/mol. The molecule has 0 aromatic heterocycles. The summed E-state index contributed by atoms with van der Waals surface area (Å²) in [7, 11) is -1.27. The molecule has 0 unspecified atom stereocenters. The summed E-state index contributed by atoms with van der Waals surface area (Å²) in [5.41, 5.74) is -0.890. The van der Waals surface area contributed by atoms with Gasteiger partial charge in [0.05, 0.1) is 12.0 Å². The Hall–Kier alpha value is -2.38. The second-order valence-electron chi connectivity index (χ2n) is 5.22. The number of amides is 1. The lowest BCUT2D eigenvalue weighted by molar-refractivity contribution is -0.140. The van der Waals surface area contributed by atoms with Gasteiger partial charge in [-0.3, -0.25) is 4.79 Å². The lowest BCUT2D eigenvalue weighted by Crippen LogP contribution is -2.46. The third-order valence-corrected chi connectivity index (χ3v) is 5.07. The summed E-state index contributed by atoms with van der Waals surface area (Å²) in [6.07, 6.45) is 0. The summed E-state index contributed by atoms with van der Waals surface area (Å²) >= 11 is 0. The number of methoxy groups -OCH3 is 2. The first-order valence-electron chi connectivity index (χ1n) is 7.15. The molecule has 2 aromatic carbocycles. The van der Waals surface area contributed by atoms with Gasteiger partial charge in [0.15, 0.2) is 5.60 Å². The first-order chi connectivity index (χ1) is 11.3. The summed E-state index contributed by atoms with van der Waals surface area (Å²) in [5, 5.41) is 0. The molecule has 0 bridgehead atoms. The number of hydrogen-bond donors (Lipinski definition) is 1. The molecule has 0 aliphatic heterocycles. The minimum absolute atomic E-state index is 0.0679. The van der Waals surface area contributed by atoms with E-state index in [-0.39, 0.29) is 4.90 Å². The molecule has 0 spiro atoms. The molecule has 24 heavy (non-hydrogen) atoms. The van der Waals surface area contributed by atoms with Gasteiger partial charge in [0.25, 0.3) is 15.9 Å². The Kier molecular flexibility index (Phi) is 5.26. The minimum Gasteiger partial charge on any atom is -0.497 e. The van der Waals surface area contributed by atoms with Crippen molar-refractivity contribution in [3.8, 4) is 5.75 Å². The van der Waals surface area contributed by atoms with E-state index in [1.807, 2.05) is 0 Å². The summed E-state index contributed by atoms with van der Waals surface area (Å²) in [4.78, 5) is 12.5. The Bertz CT molecular complexity index is 820. The molecular weight excluding hydrogens is 330 g/mol. The van der Waals surface area contributed by atoms with Gasteiger partial charge in [-0.05, 0) is 24.6 Å². The van der Waals surface area contributed by atoms with Crippen molar-refractivity contribution in [1.82, 2.24) is 4.72 Å². The molecule has 0 saturated heterocycles. The number of hydrogen-bond acceptors (Lipinski definition) is 5. The van der Waals surface area contributed by atoms with Gasteiger partial charge in [-0.15, -0.1) is 0 Å². The molecule has 0 fully saturated rings. The Morgan fingerprint density at radius 3 is 2.29 bits per heavy atom. The molecule has 2 rings (SSSR count). The fraction of sp³-hybridized carbons (Fsp3) is 0.235. The maximum Gasteiger partial charge on any atom is 0.270 e. The highest BCUT2D eigenvalue weighted by atomic mass is 32.2. The Morgan fingerprint density at radius 1 is 1.04 bits per heavy atom. The van der Waals surface area contributed by atoms with E-state index in [0.717, 1.165) is 0 Å². The second kappa shape index (κ2) is 7.02. The van der Waals surface area contributed by atoms with Crippen molar-refractivity contribution in [2.24, 2.45) is 0 Å². The quantitative estimate of drug-likeness (QED) is 0.863. The van der Waals surface area contributed by atoms with Gasteiger partial charge in [-0.2, -0.15) is 0 Å². The largest absolute Gasteiger partial charge is 0.497 e. The zero-order valence-corrected chi connectivity index (χ0v) is 14.5. The van der Waals surface area contributed by atoms with Gasteiger partial charge in [0.2, 0.25) is 0 Å². The summed E-state index contributed by atoms with van der Waals surface area (Å²) in [6.45, 7) is 1.51. The van der Waals surface area contributed by atoms with E-state index in [0.29, 0.717) is 11.3 Å². The standard InChI is InChI=1S/C17H19NO5S/c1-17(23-3,13-8-5-4-6-9-13)16(19)18-24(20,21)15-11-7-10-14(12-15)22-2/h4-12H,1-3H3,(H,18,19)/t17-/m1/s1. The highest BCUT2D eigenvalue weighted by Gasteiger charge is 2.37. The van der Waals surface area contributed by atoms with Crippen LogP contribution in [0, 0.1) is 0 Å². The lowest BCUT2D eigenvalue weighted by atomic mass is 9.95. The van der Waals surface area contributed by atoms with Crippen LogP contribution in [0.15, 0.2) is 59.5 Å². The topological polar surface area (TPSA) is 81.7 Å². The summed E-state index contributed by atoms with van der Waals surface area (Å²) in [5.74, 6) is -0.401. The number of rotatable bonds is 6. The smallest absolute Gasteiger partial charge is 0.270 e. The monoisotopic (exact) mass is 349 g/mol. The highest BCUT2D eigenvalue weighted by Crippen LogP contribution is 2.26. The van der Waals surface area contributed by atoms with Crippen LogP contribution in [0.5, 0.6) is 5.75 Å². The third kappa shape index (κ3) is 3.58. The minimum atomic E-state index is -4.05. The van der Waals surface area contributed by atoms with E-state index < -0.39 is 21.5 Å². The molecule has 0 radical (unpaired) electrons. The number of benzene rings is 2. The molecule has 0 heterocycles. The molecule has 0 saturated carbocycles. The fourth-order valence-electron chi connectivity index (χ4n) is 2.14. The van der Waals surface area contributed by atoms with Crippen LogP contribution < -0.4 is 9.46 Å². The fourth-order valence-corrected chi connectivity index (χ4v) is 3.23. The van der Waals surface area contributed by atoms with Crippen LogP contribution in [0.1, 0.15) is 12.5 Å². The zero-order valence-electron chi connectivity index (χ0n) is 13.6. The first-order valence-corrected chi connectivity index (χ1v) is 8.64. The molecule has 0 aliphatic rings. The van der Waals surface area contributed by atoms with Crippen LogP contribution in [-0.2, 0) is 25.2 Å². The predicted octanol–water partition coefficient (Wildman–Crippen LogP) is 2.06. The van der Waals surface area contributed by atoms with E-state index >= 15 is 0 Å². The van der Waals surface area contributed by atoms with Gasteiger partial charge in [-0.1, -0.05) is 36.4 Å². The lowest BCUT2D eigenvalue weighted by Gasteiger charge is -2.27. The van der Waals surface area contributed by atoms with Crippen molar-refractivity contribution in [3.63, 3.8) is 0 Å². The normalized spacial score (nSPS) is 13.8. The van der Waals surface area contributed by atoms with Crippen LogP contribution in [0.4, 0.5) is 0 Å². The number of sulfonamides is 1. The molecular formula is C17H19NO5S. The molecule has 0 aliphatic carbocycles. The van der Waals surface area contributed by atoms with E-state index in [9.17, 15) is 13.2 Å². The van der Waals surface area contributed by atoms with Crippen LogP contribution in [0.2, 0.25) is 0 Å². The maximum atomic E-state index is 12.6. The van der Waals surface area contributed by atoms with E-state index in [4.69, 9.17) is 9.47 Å². The molecule has 2 aromatic rings. The van der Waals surface area contributed by atoms with Crippen molar-refractivity contribution in [1.29, 1.82) is 0 Å². The van der Waals surface area contributed by atoms with Crippen LogP contribution in [0.25, 0.3) is 0 Å². The summed E-state index contributed by atoms with van der Waals surface area (Å²) in [6, 6.07) is 14.5. The van der Waals surface area contributed by atoms with Crippen molar-refractivity contribution in [3.05, 3.63) is 60.2 Å². The van der Waals surface area contributed by atoms with E-state index in [2.05, 4.69) is 4.72 Å². The second-order valence-corrected chi connectivity index (χ2v) is 6.90. The van der Waals surface area contributed by atoms with Crippen LogP contribution in [-0.4, -0.2) is 28.5 Å². The number of carbonyl (C=O) groups is 1. The van der Waals surface area contributed by atoms with Gasteiger partial charge in [0, 0.05) is 13.2 Å². The Labute approximate surface area is 141 Å². The average Bonchev–Trinajstić information content (AvgIpc) is 2.61. The maximum absolute atomic E-state index is 12.6. The molecule has 1 amide bonds. The van der Waals surface area contributed by atoms with E-state index in [1.54, 1.807) is 36.4 Å². The molecule has 1 atom stereocenters. The first kappa shape index (κ1) is 18.0. The van der Waals surface area contributed by atoms with Gasteiger partial charge in [0.1, 0.15) is 5.75 Å². The van der Waals surface area contributed by atoms with Crippen molar-refractivity contribution in [2.75, 3.05) is 14.2 Å². The van der Waals surface area contributed by atoms with Crippen molar-refractivity contribution >= 4 is 15.9 Å². The highest BCUT2D eigenvalue weighted by molar-refractivity contribution is 7.90. The average molecular weight is 349 g/mol. The van der Waals surface area contributed by atoms with E-state index in [1.165, 1.54) is 39.3 Å². The zero-order chi connectivity index (χ0) is 17.8. The van der Waals surface area contributed by atoms with Gasteiger partial charge < -0.3 is 9.47 Å². The molecule has 128 valence electrons. The Morgan fingerprint density at radius 2 is 1.71 bits per heavy atom. The van der Waals surface area contributed by atoms with Gasteiger partial charge in [-0.25, -0.2) is 13.1 Å². The molecule has 6 nitrogen and oxygen atoms in total. The van der Waals surface area contributed by atoms with Crippen LogP contribution in [0.3, 0.4) is 0 Å². The number of ether oxygens (including phenoxy) is 2. The molecule has 7 heteroatoms. The molecule has 1 N–H and O–H groups in total. The number of nitrogens with one attached hydrogen (secondary N) is 1. The third-order valence-electron chi connectivity index (χ3n) is 3.74.